The van der Waals surface area contributed by atoms with Gasteiger partial charge in [-0.25, -0.2) is 0 Å². The SMILES string of the molecule is CCCNCc1c2c(nc3c(C)cccc13)CCN(C)C2. The Hall–Kier alpha value is -1.45. The molecular weight excluding hydrogens is 258 g/mol. The predicted octanol–water partition coefficient (Wildman–Crippen LogP) is 3.03. The number of aromatic nitrogens is 1. The highest BCUT2D eigenvalue weighted by Crippen LogP contribution is 2.29. The number of nitrogens with one attached hydrogen (secondary N) is 1. The maximum atomic E-state index is 4.98. The maximum absolute atomic E-state index is 4.98. The third kappa shape index (κ3) is 2.81. The fraction of sp³-hybridized carbons (Fsp3) is 0.500. The lowest BCUT2D eigenvalue weighted by Gasteiger charge is -2.27. The number of hydrogen-bond donors (Lipinski definition) is 1. The fourth-order valence-electron chi connectivity index (χ4n) is 3.22. The molecule has 3 heteroatoms. The number of para-hydroxylation sites is 1. The van der Waals surface area contributed by atoms with Crippen molar-refractivity contribution in [3.63, 3.8) is 0 Å². The first kappa shape index (κ1) is 14.5. The molecule has 0 spiro atoms. The van der Waals surface area contributed by atoms with Crippen LogP contribution in [0.1, 0.15) is 35.7 Å². The number of fused-ring (bicyclic) bond motifs is 2. The van der Waals surface area contributed by atoms with Gasteiger partial charge < -0.3 is 10.2 Å². The van der Waals surface area contributed by atoms with Gasteiger partial charge in [0.05, 0.1) is 5.52 Å². The van der Waals surface area contributed by atoms with Crippen molar-refractivity contribution < 1.29 is 0 Å². The molecule has 0 saturated heterocycles. The van der Waals surface area contributed by atoms with Gasteiger partial charge in [0.25, 0.3) is 0 Å². The molecule has 3 nitrogen and oxygen atoms in total. The predicted molar refractivity (Wildman–Crippen MR) is 88.5 cm³/mol. The van der Waals surface area contributed by atoms with E-state index in [9.17, 15) is 0 Å². The van der Waals surface area contributed by atoms with E-state index in [-0.39, 0.29) is 0 Å². The van der Waals surface area contributed by atoms with Gasteiger partial charge >= 0.3 is 0 Å². The van der Waals surface area contributed by atoms with Gasteiger partial charge in [0.15, 0.2) is 0 Å². The Bertz CT molecular complexity index is 648. The molecule has 0 fully saturated rings. The van der Waals surface area contributed by atoms with E-state index in [2.05, 4.69) is 49.3 Å². The molecule has 1 N–H and O–H groups in total. The molecule has 0 atom stereocenters. The summed E-state index contributed by atoms with van der Waals surface area (Å²) in [6.45, 7) is 8.53. The minimum atomic E-state index is 0.951. The van der Waals surface area contributed by atoms with Crippen LogP contribution in [-0.2, 0) is 19.5 Å². The van der Waals surface area contributed by atoms with E-state index in [1.807, 2.05) is 0 Å². The van der Waals surface area contributed by atoms with Crippen molar-refractivity contribution in [2.24, 2.45) is 0 Å². The Balaban J connectivity index is 2.14. The summed E-state index contributed by atoms with van der Waals surface area (Å²) in [4.78, 5) is 7.38. The van der Waals surface area contributed by atoms with Crippen molar-refractivity contribution in [3.8, 4) is 0 Å². The summed E-state index contributed by atoms with van der Waals surface area (Å²) >= 11 is 0. The number of likely N-dealkylation sites (N-methyl/N-ethyl adjacent to an activating group) is 1. The van der Waals surface area contributed by atoms with Gasteiger partial charge in [-0.3, -0.25) is 4.98 Å². The van der Waals surface area contributed by atoms with Crippen LogP contribution in [0, 0.1) is 6.92 Å². The molecule has 2 aromatic rings. The van der Waals surface area contributed by atoms with Crippen molar-refractivity contribution in [1.82, 2.24) is 15.2 Å². The molecule has 0 aliphatic carbocycles. The molecule has 0 amide bonds. The van der Waals surface area contributed by atoms with Crippen molar-refractivity contribution in [2.45, 2.75) is 39.8 Å². The molecule has 1 aliphatic rings. The van der Waals surface area contributed by atoms with Crippen molar-refractivity contribution in [2.75, 3.05) is 20.1 Å². The number of aryl methyl sites for hydroxylation is 1. The van der Waals surface area contributed by atoms with Gasteiger partial charge in [0.2, 0.25) is 0 Å². The minimum Gasteiger partial charge on any atom is -0.313 e. The van der Waals surface area contributed by atoms with Gasteiger partial charge in [0, 0.05) is 37.1 Å². The number of hydrogen-bond acceptors (Lipinski definition) is 3. The van der Waals surface area contributed by atoms with Crippen LogP contribution in [-0.4, -0.2) is 30.0 Å². The number of pyridine rings is 1. The summed E-state index contributed by atoms with van der Waals surface area (Å²) in [6.07, 6.45) is 2.24. The zero-order chi connectivity index (χ0) is 14.8. The molecule has 0 unspecified atom stereocenters. The van der Waals surface area contributed by atoms with E-state index in [0.717, 1.165) is 32.6 Å². The van der Waals surface area contributed by atoms with Gasteiger partial charge in [0.1, 0.15) is 0 Å². The lowest BCUT2D eigenvalue weighted by atomic mass is 9.94. The van der Waals surface area contributed by atoms with Crippen LogP contribution in [0.15, 0.2) is 18.2 Å². The highest BCUT2D eigenvalue weighted by atomic mass is 15.1. The summed E-state index contributed by atoms with van der Waals surface area (Å²) in [5.74, 6) is 0. The smallest absolute Gasteiger partial charge is 0.0737 e. The molecular formula is C18H25N3. The molecule has 0 bridgehead atoms. The Labute approximate surface area is 127 Å². The second kappa shape index (κ2) is 6.12. The number of rotatable bonds is 4. The van der Waals surface area contributed by atoms with Gasteiger partial charge in [-0.15, -0.1) is 0 Å². The standard InChI is InChI=1S/C18H25N3/c1-4-9-19-11-15-14-7-5-6-13(2)18(14)20-17-8-10-21(3)12-16(15)17/h5-7,19H,4,8-12H2,1-3H3. The lowest BCUT2D eigenvalue weighted by molar-refractivity contribution is 0.308. The summed E-state index contributed by atoms with van der Waals surface area (Å²) in [5.41, 5.74) is 6.69. The highest BCUT2D eigenvalue weighted by molar-refractivity contribution is 5.86. The second-order valence-electron chi connectivity index (χ2n) is 6.15. The minimum absolute atomic E-state index is 0.951. The topological polar surface area (TPSA) is 28.2 Å². The van der Waals surface area contributed by atoms with Crippen LogP contribution in [0.2, 0.25) is 0 Å². The second-order valence-corrected chi connectivity index (χ2v) is 6.15. The fourth-order valence-corrected chi connectivity index (χ4v) is 3.22. The molecule has 3 rings (SSSR count). The van der Waals surface area contributed by atoms with E-state index in [4.69, 9.17) is 4.98 Å². The van der Waals surface area contributed by atoms with Crippen molar-refractivity contribution in [3.05, 3.63) is 40.6 Å². The summed E-state index contributed by atoms with van der Waals surface area (Å²) in [5, 5.41) is 4.91. The molecule has 1 aliphatic heterocycles. The van der Waals surface area contributed by atoms with E-state index in [0.29, 0.717) is 0 Å². The monoisotopic (exact) mass is 283 g/mol. The molecule has 0 saturated carbocycles. The highest BCUT2D eigenvalue weighted by Gasteiger charge is 2.20. The molecule has 2 heterocycles. The van der Waals surface area contributed by atoms with Gasteiger partial charge in [-0.1, -0.05) is 25.1 Å². The average molecular weight is 283 g/mol. The molecule has 1 aromatic carbocycles. The average Bonchev–Trinajstić information content (AvgIpc) is 2.48. The Kier molecular flexibility index (Phi) is 4.22. The van der Waals surface area contributed by atoms with E-state index in [1.54, 1.807) is 0 Å². The van der Waals surface area contributed by atoms with Crippen LogP contribution in [0.5, 0.6) is 0 Å². The quantitative estimate of drug-likeness (QED) is 0.874. The Morgan fingerprint density at radius 1 is 1.33 bits per heavy atom. The van der Waals surface area contributed by atoms with E-state index >= 15 is 0 Å². The molecule has 0 radical (unpaired) electrons. The Morgan fingerprint density at radius 3 is 3.00 bits per heavy atom. The number of benzene rings is 1. The summed E-state index contributed by atoms with van der Waals surface area (Å²) in [7, 11) is 2.20. The zero-order valence-electron chi connectivity index (χ0n) is 13.4. The number of nitrogens with zero attached hydrogens (tertiary/aromatic N) is 2. The first-order valence-electron chi connectivity index (χ1n) is 8.00. The largest absolute Gasteiger partial charge is 0.313 e. The molecule has 112 valence electrons. The Morgan fingerprint density at radius 2 is 2.19 bits per heavy atom. The third-order valence-corrected chi connectivity index (χ3v) is 4.41. The molecule has 21 heavy (non-hydrogen) atoms. The van der Waals surface area contributed by atoms with Crippen molar-refractivity contribution >= 4 is 10.9 Å². The van der Waals surface area contributed by atoms with Crippen LogP contribution >= 0.6 is 0 Å². The third-order valence-electron chi connectivity index (χ3n) is 4.41. The van der Waals surface area contributed by atoms with Crippen LogP contribution in [0.25, 0.3) is 10.9 Å². The molecule has 1 aromatic heterocycles. The summed E-state index contributed by atoms with van der Waals surface area (Å²) in [6, 6.07) is 6.55. The lowest BCUT2D eigenvalue weighted by Crippen LogP contribution is -2.29. The first-order chi connectivity index (χ1) is 10.2. The summed E-state index contributed by atoms with van der Waals surface area (Å²) < 4.78 is 0. The van der Waals surface area contributed by atoms with Crippen molar-refractivity contribution in [1.29, 1.82) is 0 Å². The van der Waals surface area contributed by atoms with E-state index < -0.39 is 0 Å². The maximum Gasteiger partial charge on any atom is 0.0737 e. The van der Waals surface area contributed by atoms with Crippen LogP contribution in [0.4, 0.5) is 0 Å². The van der Waals surface area contributed by atoms with Crippen LogP contribution in [0.3, 0.4) is 0 Å². The first-order valence-corrected chi connectivity index (χ1v) is 8.00. The van der Waals surface area contributed by atoms with Gasteiger partial charge in [-0.2, -0.15) is 0 Å². The van der Waals surface area contributed by atoms with Gasteiger partial charge in [-0.05, 0) is 43.6 Å². The normalized spacial score (nSPS) is 15.4. The van der Waals surface area contributed by atoms with Crippen LogP contribution < -0.4 is 5.32 Å². The zero-order valence-corrected chi connectivity index (χ0v) is 13.4. The van der Waals surface area contributed by atoms with E-state index in [1.165, 1.54) is 39.7 Å².